The van der Waals surface area contributed by atoms with Crippen LogP contribution >= 0.6 is 0 Å². The van der Waals surface area contributed by atoms with Crippen molar-refractivity contribution < 1.29 is 8.85 Å². The fourth-order valence-corrected chi connectivity index (χ4v) is 11.6. The molecular formula is C27H52O2Si2. The van der Waals surface area contributed by atoms with Crippen molar-refractivity contribution in [2.45, 2.75) is 130 Å². The van der Waals surface area contributed by atoms with Crippen LogP contribution in [0.5, 0.6) is 0 Å². The van der Waals surface area contributed by atoms with E-state index in [0.29, 0.717) is 23.0 Å². The molecule has 4 heteroatoms. The summed E-state index contributed by atoms with van der Waals surface area (Å²) in [4.78, 5) is 0. The summed E-state index contributed by atoms with van der Waals surface area (Å²) in [6, 6.07) is 0. The normalized spacial score (nSPS) is 48.1. The predicted octanol–water partition coefficient (Wildman–Crippen LogP) is 8.11. The Morgan fingerprint density at radius 2 is 1.48 bits per heavy atom. The van der Waals surface area contributed by atoms with Gasteiger partial charge in [-0.05, 0) is 131 Å². The van der Waals surface area contributed by atoms with E-state index < -0.39 is 16.6 Å². The Morgan fingerprint density at radius 1 is 0.806 bits per heavy atom. The maximum Gasteiger partial charge on any atom is 0.184 e. The van der Waals surface area contributed by atoms with Gasteiger partial charge in [0.1, 0.15) is 0 Å². The predicted molar refractivity (Wildman–Crippen MR) is 137 cm³/mol. The number of hydrogen-bond acceptors (Lipinski definition) is 2. The third kappa shape index (κ3) is 4.54. The summed E-state index contributed by atoms with van der Waals surface area (Å²) < 4.78 is 13.8. The van der Waals surface area contributed by atoms with E-state index >= 15 is 0 Å². The largest absolute Gasteiger partial charge is 0.415 e. The second kappa shape index (κ2) is 8.24. The third-order valence-electron chi connectivity index (χ3n) is 10.2. The molecule has 0 bridgehead atoms. The molecule has 2 nitrogen and oxygen atoms in total. The smallest absolute Gasteiger partial charge is 0.184 e. The monoisotopic (exact) mass is 464 g/mol. The Kier molecular flexibility index (Phi) is 6.50. The maximum atomic E-state index is 7.15. The zero-order chi connectivity index (χ0) is 22.8. The van der Waals surface area contributed by atoms with Crippen LogP contribution in [-0.4, -0.2) is 28.8 Å². The van der Waals surface area contributed by atoms with Crippen LogP contribution in [0.25, 0.3) is 0 Å². The molecule has 0 aromatic heterocycles. The van der Waals surface area contributed by atoms with Gasteiger partial charge in [-0.2, -0.15) is 0 Å². The highest BCUT2D eigenvalue weighted by Crippen LogP contribution is 2.68. The highest BCUT2D eigenvalue weighted by atomic mass is 28.4. The van der Waals surface area contributed by atoms with E-state index in [9.17, 15) is 0 Å². The zero-order valence-electron chi connectivity index (χ0n) is 22.2. The number of fused-ring (bicyclic) bond motifs is 5. The van der Waals surface area contributed by atoms with Crippen LogP contribution in [0, 0.1) is 40.4 Å². The summed E-state index contributed by atoms with van der Waals surface area (Å²) in [6.07, 6.45) is 13.5. The van der Waals surface area contributed by atoms with Gasteiger partial charge in [-0.25, -0.2) is 0 Å². The van der Waals surface area contributed by atoms with Gasteiger partial charge < -0.3 is 8.85 Å². The number of hydrogen-bond donors (Lipinski definition) is 0. The molecular weight excluding hydrogens is 412 g/mol. The molecule has 0 aliphatic heterocycles. The Labute approximate surface area is 195 Å². The molecule has 180 valence electrons. The standard InChI is InChI=1S/C27H52O2Si2/c1-10-19-12-14-23-22-13-11-20-17-21(28-30(4,5)6)15-16-26(20,2)25(22)24(18-27(19,23)3)29-31(7,8)9/h19-25H,10-18H2,1-9H3/t19-,20-,21+,22?,23?,24-,25?,26-,27+/m0/s1. The van der Waals surface area contributed by atoms with Gasteiger partial charge in [0.15, 0.2) is 16.6 Å². The molecule has 3 unspecified atom stereocenters. The molecule has 0 heterocycles. The minimum atomic E-state index is -1.58. The van der Waals surface area contributed by atoms with E-state index in [2.05, 4.69) is 60.1 Å². The molecule has 0 aromatic carbocycles. The van der Waals surface area contributed by atoms with E-state index in [1.165, 1.54) is 57.8 Å². The summed E-state index contributed by atoms with van der Waals surface area (Å²) in [5.41, 5.74) is 0.972. The summed E-state index contributed by atoms with van der Waals surface area (Å²) in [7, 11) is -3.05. The summed E-state index contributed by atoms with van der Waals surface area (Å²) >= 11 is 0. The van der Waals surface area contributed by atoms with Gasteiger partial charge in [0.05, 0.1) is 0 Å². The van der Waals surface area contributed by atoms with E-state index in [1.54, 1.807) is 0 Å². The first-order valence-corrected chi connectivity index (χ1v) is 20.4. The van der Waals surface area contributed by atoms with Gasteiger partial charge >= 0.3 is 0 Å². The van der Waals surface area contributed by atoms with Crippen molar-refractivity contribution in [3.63, 3.8) is 0 Å². The van der Waals surface area contributed by atoms with Crippen LogP contribution in [0.2, 0.25) is 39.3 Å². The molecule has 4 aliphatic carbocycles. The topological polar surface area (TPSA) is 18.5 Å². The fourth-order valence-electron chi connectivity index (χ4n) is 9.25. The molecule has 0 radical (unpaired) electrons. The molecule has 0 aromatic rings. The lowest BCUT2D eigenvalue weighted by molar-refractivity contribution is -0.171. The van der Waals surface area contributed by atoms with Crippen LogP contribution in [0.1, 0.15) is 78.6 Å². The van der Waals surface area contributed by atoms with Gasteiger partial charge in [0.2, 0.25) is 0 Å². The summed E-state index contributed by atoms with van der Waals surface area (Å²) in [5, 5.41) is 0. The summed E-state index contributed by atoms with van der Waals surface area (Å²) in [6.45, 7) is 22.1. The highest BCUT2D eigenvalue weighted by Gasteiger charge is 2.63. The van der Waals surface area contributed by atoms with Gasteiger partial charge in [0, 0.05) is 12.2 Å². The van der Waals surface area contributed by atoms with E-state index in [0.717, 1.165) is 29.6 Å². The van der Waals surface area contributed by atoms with Crippen molar-refractivity contribution in [3.8, 4) is 0 Å². The fraction of sp³-hybridized carbons (Fsp3) is 1.00. The SMILES string of the molecule is CC[C@H]1CCC2C3CC[C@H]4C[C@H](O[Si](C)(C)C)CC[C@]4(C)C3[C@@H](O[Si](C)(C)C)C[C@@]21C. The highest BCUT2D eigenvalue weighted by molar-refractivity contribution is 6.70. The number of rotatable bonds is 5. The van der Waals surface area contributed by atoms with Crippen molar-refractivity contribution in [3.05, 3.63) is 0 Å². The molecule has 9 atom stereocenters. The second-order valence-corrected chi connectivity index (χ2v) is 23.3. The Balaban J connectivity index is 1.64. The van der Waals surface area contributed by atoms with Crippen molar-refractivity contribution in [1.82, 2.24) is 0 Å². The van der Waals surface area contributed by atoms with Gasteiger partial charge in [0.25, 0.3) is 0 Å². The first-order chi connectivity index (χ1) is 14.3. The molecule has 4 rings (SSSR count). The minimum Gasteiger partial charge on any atom is -0.415 e. The van der Waals surface area contributed by atoms with Crippen molar-refractivity contribution in [1.29, 1.82) is 0 Å². The van der Waals surface area contributed by atoms with Crippen molar-refractivity contribution >= 4 is 16.6 Å². The lowest BCUT2D eigenvalue weighted by Crippen LogP contribution is -2.61. The summed E-state index contributed by atoms with van der Waals surface area (Å²) in [5.74, 6) is 4.37. The second-order valence-electron chi connectivity index (χ2n) is 14.4. The average Bonchev–Trinajstić information content (AvgIpc) is 2.95. The lowest BCUT2D eigenvalue weighted by atomic mass is 9.44. The van der Waals surface area contributed by atoms with E-state index in [4.69, 9.17) is 8.85 Å². The molecule has 4 saturated carbocycles. The molecule has 4 fully saturated rings. The van der Waals surface area contributed by atoms with Crippen LogP contribution < -0.4 is 0 Å². The van der Waals surface area contributed by atoms with Crippen LogP contribution in [0.15, 0.2) is 0 Å². The lowest BCUT2D eigenvalue weighted by Gasteiger charge is -2.64. The van der Waals surface area contributed by atoms with Gasteiger partial charge in [-0.1, -0.05) is 27.2 Å². The zero-order valence-corrected chi connectivity index (χ0v) is 24.2. The van der Waals surface area contributed by atoms with Crippen molar-refractivity contribution in [2.24, 2.45) is 40.4 Å². The first kappa shape index (κ1) is 24.5. The molecule has 0 amide bonds. The third-order valence-corrected chi connectivity index (χ3v) is 12.3. The molecule has 31 heavy (non-hydrogen) atoms. The maximum absolute atomic E-state index is 7.15. The Hall–Kier alpha value is 0.354. The molecule has 0 N–H and O–H groups in total. The van der Waals surface area contributed by atoms with Crippen LogP contribution in [-0.2, 0) is 8.85 Å². The average molecular weight is 465 g/mol. The van der Waals surface area contributed by atoms with E-state index in [-0.39, 0.29) is 0 Å². The van der Waals surface area contributed by atoms with Gasteiger partial charge in [-0.15, -0.1) is 0 Å². The minimum absolute atomic E-state index is 0.457. The van der Waals surface area contributed by atoms with E-state index in [1.807, 2.05) is 0 Å². The Bertz CT molecular complexity index is 653. The van der Waals surface area contributed by atoms with Crippen LogP contribution in [0.4, 0.5) is 0 Å². The Morgan fingerprint density at radius 3 is 2.10 bits per heavy atom. The van der Waals surface area contributed by atoms with Crippen molar-refractivity contribution in [2.75, 3.05) is 0 Å². The molecule has 4 aliphatic rings. The van der Waals surface area contributed by atoms with Gasteiger partial charge in [-0.3, -0.25) is 0 Å². The van der Waals surface area contributed by atoms with Crippen LogP contribution in [0.3, 0.4) is 0 Å². The quantitative estimate of drug-likeness (QED) is 0.382. The first-order valence-electron chi connectivity index (χ1n) is 13.6. The molecule has 0 saturated heterocycles. The molecule has 0 spiro atoms.